The number of benzene rings is 3. The predicted molar refractivity (Wildman–Crippen MR) is 140 cm³/mol. The van der Waals surface area contributed by atoms with Crippen molar-refractivity contribution >= 4 is 43.9 Å². The average Bonchev–Trinajstić information content (AvgIpc) is 3.52. The van der Waals surface area contributed by atoms with Crippen molar-refractivity contribution in [3.05, 3.63) is 77.5 Å². The van der Waals surface area contributed by atoms with Crippen molar-refractivity contribution in [1.29, 1.82) is 0 Å². The molecule has 3 aromatic carbocycles. The summed E-state index contributed by atoms with van der Waals surface area (Å²) < 4.78 is 29.3. The standard InChI is InChI=1S/C27H27N5O2S/c1-18-17-25(30-27(28-18)32-15-2-3-16-32)29-21-9-11-22(12-10-21)31-35(33,34)24-14-8-20-6-4-5-19-7-13-23(24)26(19)20/h4-6,8-12,14,17,31H,2-3,7,13,15-16H2,1H3,(H,28,29,30). The molecule has 0 saturated carbocycles. The van der Waals surface area contributed by atoms with Crippen LogP contribution in [0.25, 0.3) is 10.8 Å². The lowest BCUT2D eigenvalue weighted by Crippen LogP contribution is -2.21. The van der Waals surface area contributed by atoms with Crippen molar-refractivity contribution in [1.82, 2.24) is 9.97 Å². The van der Waals surface area contributed by atoms with Crippen molar-refractivity contribution in [2.24, 2.45) is 0 Å². The average molecular weight is 486 g/mol. The lowest BCUT2D eigenvalue weighted by atomic mass is 10.1. The highest BCUT2D eigenvalue weighted by molar-refractivity contribution is 7.92. The Balaban J connectivity index is 1.21. The van der Waals surface area contributed by atoms with Crippen LogP contribution in [0, 0.1) is 6.92 Å². The minimum Gasteiger partial charge on any atom is -0.341 e. The van der Waals surface area contributed by atoms with Gasteiger partial charge in [-0.3, -0.25) is 4.72 Å². The summed E-state index contributed by atoms with van der Waals surface area (Å²) in [4.78, 5) is 11.8. The number of hydrogen-bond acceptors (Lipinski definition) is 6. The first-order valence-corrected chi connectivity index (χ1v) is 13.5. The van der Waals surface area contributed by atoms with Crippen molar-refractivity contribution in [3.8, 4) is 0 Å². The quantitative estimate of drug-likeness (QED) is 0.391. The van der Waals surface area contributed by atoms with E-state index in [0.717, 1.165) is 65.4 Å². The maximum Gasteiger partial charge on any atom is 0.262 e. The second-order valence-electron chi connectivity index (χ2n) is 9.25. The minimum atomic E-state index is -3.70. The van der Waals surface area contributed by atoms with Crippen LogP contribution in [0.3, 0.4) is 0 Å². The zero-order valence-corrected chi connectivity index (χ0v) is 20.4. The molecule has 178 valence electrons. The first kappa shape index (κ1) is 21.9. The number of aromatic nitrogens is 2. The van der Waals surface area contributed by atoms with E-state index in [4.69, 9.17) is 0 Å². The Morgan fingerprint density at radius 2 is 1.66 bits per heavy atom. The highest BCUT2D eigenvalue weighted by Gasteiger charge is 2.25. The molecule has 2 aliphatic rings. The van der Waals surface area contributed by atoms with Gasteiger partial charge in [-0.05, 0) is 84.8 Å². The van der Waals surface area contributed by atoms with E-state index < -0.39 is 10.0 Å². The molecule has 0 amide bonds. The zero-order valence-electron chi connectivity index (χ0n) is 19.6. The summed E-state index contributed by atoms with van der Waals surface area (Å²) in [7, 11) is -3.70. The molecule has 35 heavy (non-hydrogen) atoms. The van der Waals surface area contributed by atoms with Crippen LogP contribution in [0.15, 0.2) is 65.6 Å². The molecule has 1 aliphatic heterocycles. The van der Waals surface area contributed by atoms with E-state index >= 15 is 0 Å². The molecule has 8 heteroatoms. The van der Waals surface area contributed by atoms with E-state index in [1.54, 1.807) is 18.2 Å². The van der Waals surface area contributed by atoms with Gasteiger partial charge in [-0.1, -0.05) is 24.3 Å². The Kier molecular flexibility index (Phi) is 5.33. The largest absolute Gasteiger partial charge is 0.341 e. The van der Waals surface area contributed by atoms with Crippen LogP contribution in [-0.4, -0.2) is 31.5 Å². The normalized spacial score (nSPS) is 15.1. The molecule has 4 aromatic rings. The number of sulfonamides is 1. The van der Waals surface area contributed by atoms with Gasteiger partial charge in [-0.2, -0.15) is 4.98 Å². The molecule has 1 fully saturated rings. The molecule has 0 unspecified atom stereocenters. The summed E-state index contributed by atoms with van der Waals surface area (Å²) in [6, 6.07) is 18.9. The lowest BCUT2D eigenvalue weighted by molar-refractivity contribution is 0.600. The fourth-order valence-corrected chi connectivity index (χ4v) is 6.47. The summed E-state index contributed by atoms with van der Waals surface area (Å²) in [5, 5.41) is 5.50. The van der Waals surface area contributed by atoms with Crippen LogP contribution in [-0.2, 0) is 22.9 Å². The second-order valence-corrected chi connectivity index (χ2v) is 10.9. The van der Waals surface area contributed by atoms with Crippen molar-refractivity contribution in [3.63, 3.8) is 0 Å². The van der Waals surface area contributed by atoms with Crippen molar-refractivity contribution in [2.45, 2.75) is 37.5 Å². The minimum absolute atomic E-state index is 0.364. The van der Waals surface area contributed by atoms with E-state index in [2.05, 4.69) is 31.0 Å². The molecular formula is C27H27N5O2S. The van der Waals surface area contributed by atoms with Crippen LogP contribution in [0.5, 0.6) is 0 Å². The molecule has 2 N–H and O–H groups in total. The number of nitrogens with one attached hydrogen (secondary N) is 2. The molecular weight excluding hydrogens is 458 g/mol. The maximum absolute atomic E-state index is 13.3. The van der Waals surface area contributed by atoms with Crippen LogP contribution in [0.2, 0.25) is 0 Å². The third kappa shape index (κ3) is 4.18. The van der Waals surface area contributed by atoms with E-state index in [0.29, 0.717) is 10.6 Å². The monoisotopic (exact) mass is 485 g/mol. The Labute approximate surface area is 205 Å². The van der Waals surface area contributed by atoms with Gasteiger partial charge in [0.25, 0.3) is 10.0 Å². The van der Waals surface area contributed by atoms with Crippen LogP contribution >= 0.6 is 0 Å². The van der Waals surface area contributed by atoms with Gasteiger partial charge in [0.2, 0.25) is 5.95 Å². The number of hydrogen-bond donors (Lipinski definition) is 2. The first-order valence-electron chi connectivity index (χ1n) is 12.0. The third-order valence-electron chi connectivity index (χ3n) is 6.77. The number of aryl methyl sites for hydroxylation is 3. The van der Waals surface area contributed by atoms with Gasteiger partial charge in [-0.25, -0.2) is 13.4 Å². The molecule has 6 rings (SSSR count). The third-order valence-corrected chi connectivity index (χ3v) is 8.24. The summed E-state index contributed by atoms with van der Waals surface area (Å²) in [6.07, 6.45) is 3.95. The Morgan fingerprint density at radius 1 is 0.886 bits per heavy atom. The van der Waals surface area contributed by atoms with E-state index in [-0.39, 0.29) is 0 Å². The topological polar surface area (TPSA) is 87.2 Å². The first-order chi connectivity index (χ1) is 17.0. The lowest BCUT2D eigenvalue weighted by Gasteiger charge is -2.17. The molecule has 0 atom stereocenters. The summed E-state index contributed by atoms with van der Waals surface area (Å²) in [5.41, 5.74) is 4.38. The van der Waals surface area contributed by atoms with Gasteiger partial charge >= 0.3 is 0 Å². The van der Waals surface area contributed by atoms with Crippen molar-refractivity contribution in [2.75, 3.05) is 28.0 Å². The van der Waals surface area contributed by atoms with Gasteiger partial charge in [0.15, 0.2) is 0 Å². The molecule has 0 radical (unpaired) electrons. The Hall–Kier alpha value is -3.65. The van der Waals surface area contributed by atoms with Gasteiger partial charge in [0, 0.05) is 36.2 Å². The molecule has 2 heterocycles. The Bertz CT molecular complexity index is 1530. The van der Waals surface area contributed by atoms with Gasteiger partial charge in [0.1, 0.15) is 5.82 Å². The highest BCUT2D eigenvalue weighted by atomic mass is 32.2. The van der Waals surface area contributed by atoms with Crippen LogP contribution < -0.4 is 14.9 Å². The van der Waals surface area contributed by atoms with Gasteiger partial charge in [-0.15, -0.1) is 0 Å². The molecule has 1 saturated heterocycles. The van der Waals surface area contributed by atoms with Crippen LogP contribution in [0.4, 0.5) is 23.1 Å². The fraction of sp³-hybridized carbons (Fsp3) is 0.259. The summed E-state index contributed by atoms with van der Waals surface area (Å²) in [5.74, 6) is 1.48. The molecule has 1 aromatic heterocycles. The summed E-state index contributed by atoms with van der Waals surface area (Å²) >= 11 is 0. The molecule has 1 aliphatic carbocycles. The van der Waals surface area contributed by atoms with E-state index in [9.17, 15) is 8.42 Å². The fourth-order valence-electron chi connectivity index (χ4n) is 5.14. The number of nitrogens with zero attached hydrogens (tertiary/aromatic N) is 3. The molecule has 0 spiro atoms. The zero-order chi connectivity index (χ0) is 24.0. The molecule has 0 bridgehead atoms. The van der Waals surface area contributed by atoms with E-state index in [1.165, 1.54) is 18.4 Å². The summed E-state index contributed by atoms with van der Waals surface area (Å²) in [6.45, 7) is 3.93. The number of rotatable bonds is 6. The van der Waals surface area contributed by atoms with Gasteiger partial charge < -0.3 is 10.2 Å². The van der Waals surface area contributed by atoms with Gasteiger partial charge in [0.05, 0.1) is 4.90 Å². The molecule has 7 nitrogen and oxygen atoms in total. The number of anilines is 4. The second kappa shape index (κ2) is 8.53. The van der Waals surface area contributed by atoms with Crippen LogP contribution in [0.1, 0.15) is 29.7 Å². The predicted octanol–water partition coefficient (Wildman–Crippen LogP) is 5.18. The maximum atomic E-state index is 13.3. The van der Waals surface area contributed by atoms with Crippen molar-refractivity contribution < 1.29 is 8.42 Å². The Morgan fingerprint density at radius 3 is 2.46 bits per heavy atom. The SMILES string of the molecule is Cc1cc(Nc2ccc(NS(=O)(=O)c3ccc4cccc5c4c3CC5)cc2)nc(N2CCCC2)n1. The van der Waals surface area contributed by atoms with E-state index in [1.807, 2.05) is 43.3 Å². The highest BCUT2D eigenvalue weighted by Crippen LogP contribution is 2.35. The smallest absolute Gasteiger partial charge is 0.262 e.